The van der Waals surface area contributed by atoms with Crippen LogP contribution in [0.15, 0.2) is 66.9 Å². The van der Waals surface area contributed by atoms with Crippen molar-refractivity contribution in [2.75, 3.05) is 19.4 Å². The zero-order valence-corrected chi connectivity index (χ0v) is 13.4. The van der Waals surface area contributed by atoms with E-state index in [0.29, 0.717) is 5.95 Å². The van der Waals surface area contributed by atoms with Crippen LogP contribution in [0.1, 0.15) is 5.56 Å². The number of aromatic nitrogens is 2. The molecule has 0 aliphatic heterocycles. The Morgan fingerprint density at radius 1 is 0.957 bits per heavy atom. The molecule has 0 aliphatic carbocycles. The lowest BCUT2D eigenvalue weighted by molar-refractivity contribution is 0.402. The van der Waals surface area contributed by atoms with E-state index in [0.717, 1.165) is 23.5 Å². The summed E-state index contributed by atoms with van der Waals surface area (Å²) < 4.78 is 0. The highest BCUT2D eigenvalue weighted by atomic mass is 15.1. The van der Waals surface area contributed by atoms with Gasteiger partial charge < -0.3 is 10.2 Å². The summed E-state index contributed by atoms with van der Waals surface area (Å²) in [7, 11) is 4.14. The minimum atomic E-state index is 0.603. The largest absolute Gasteiger partial charge is 0.324 e. The van der Waals surface area contributed by atoms with Crippen LogP contribution in [0.3, 0.4) is 0 Å². The summed E-state index contributed by atoms with van der Waals surface area (Å²) in [5.74, 6) is 0.603. The van der Waals surface area contributed by atoms with Gasteiger partial charge in [0.05, 0.1) is 5.69 Å². The van der Waals surface area contributed by atoms with Crippen LogP contribution < -0.4 is 5.32 Å². The lowest BCUT2D eigenvalue weighted by atomic mass is 10.1. The van der Waals surface area contributed by atoms with Crippen molar-refractivity contribution < 1.29 is 0 Å². The molecule has 0 radical (unpaired) electrons. The van der Waals surface area contributed by atoms with E-state index in [1.165, 1.54) is 5.56 Å². The average Bonchev–Trinajstić information content (AvgIpc) is 2.56. The van der Waals surface area contributed by atoms with Crippen LogP contribution in [0.2, 0.25) is 0 Å². The molecule has 0 aliphatic rings. The Hall–Kier alpha value is -2.72. The number of benzene rings is 2. The van der Waals surface area contributed by atoms with Gasteiger partial charge in [0.25, 0.3) is 0 Å². The molecule has 0 unspecified atom stereocenters. The van der Waals surface area contributed by atoms with E-state index in [-0.39, 0.29) is 0 Å². The van der Waals surface area contributed by atoms with Gasteiger partial charge in [-0.25, -0.2) is 9.97 Å². The third-order valence-electron chi connectivity index (χ3n) is 3.41. The van der Waals surface area contributed by atoms with Crippen LogP contribution in [0.25, 0.3) is 11.3 Å². The van der Waals surface area contributed by atoms with Crippen LogP contribution in [0.5, 0.6) is 0 Å². The maximum Gasteiger partial charge on any atom is 0.227 e. The van der Waals surface area contributed by atoms with Gasteiger partial charge in [0.15, 0.2) is 0 Å². The first kappa shape index (κ1) is 15.2. The van der Waals surface area contributed by atoms with E-state index < -0.39 is 0 Å². The molecule has 1 heterocycles. The van der Waals surface area contributed by atoms with E-state index in [1.807, 2.05) is 36.4 Å². The second-order valence-corrected chi connectivity index (χ2v) is 5.69. The third-order valence-corrected chi connectivity index (χ3v) is 3.41. The van der Waals surface area contributed by atoms with Crippen molar-refractivity contribution in [1.82, 2.24) is 14.9 Å². The first-order valence-electron chi connectivity index (χ1n) is 7.60. The third kappa shape index (κ3) is 4.14. The summed E-state index contributed by atoms with van der Waals surface area (Å²) in [6, 6.07) is 20.3. The molecule has 0 atom stereocenters. The van der Waals surface area contributed by atoms with Crippen molar-refractivity contribution in [3.63, 3.8) is 0 Å². The monoisotopic (exact) mass is 304 g/mol. The molecule has 0 bridgehead atoms. The number of hydrogen-bond donors (Lipinski definition) is 1. The molecule has 0 spiro atoms. The average molecular weight is 304 g/mol. The Labute approximate surface area is 136 Å². The van der Waals surface area contributed by atoms with Gasteiger partial charge in [0.2, 0.25) is 5.95 Å². The summed E-state index contributed by atoms with van der Waals surface area (Å²) in [6.45, 7) is 0.911. The van der Waals surface area contributed by atoms with E-state index in [1.54, 1.807) is 6.20 Å². The van der Waals surface area contributed by atoms with Crippen molar-refractivity contribution >= 4 is 11.6 Å². The predicted molar refractivity (Wildman–Crippen MR) is 94.6 cm³/mol. The van der Waals surface area contributed by atoms with E-state index >= 15 is 0 Å². The summed E-state index contributed by atoms with van der Waals surface area (Å²) in [4.78, 5) is 11.1. The summed E-state index contributed by atoms with van der Waals surface area (Å²) in [6.07, 6.45) is 1.78. The molecule has 4 nitrogen and oxygen atoms in total. The predicted octanol–water partition coefficient (Wildman–Crippen LogP) is 3.95. The Kier molecular flexibility index (Phi) is 4.64. The van der Waals surface area contributed by atoms with Crippen LogP contribution >= 0.6 is 0 Å². The quantitative estimate of drug-likeness (QED) is 0.775. The minimum Gasteiger partial charge on any atom is -0.324 e. The van der Waals surface area contributed by atoms with Gasteiger partial charge in [-0.3, -0.25) is 0 Å². The van der Waals surface area contributed by atoms with Gasteiger partial charge in [0, 0.05) is 24.0 Å². The van der Waals surface area contributed by atoms with Crippen LogP contribution in [0.4, 0.5) is 11.6 Å². The van der Waals surface area contributed by atoms with Gasteiger partial charge >= 0.3 is 0 Å². The highest BCUT2D eigenvalue weighted by molar-refractivity contribution is 5.62. The molecule has 0 saturated carbocycles. The zero-order chi connectivity index (χ0) is 16.1. The summed E-state index contributed by atoms with van der Waals surface area (Å²) in [5.41, 5.74) is 4.26. The molecule has 0 amide bonds. The fourth-order valence-electron chi connectivity index (χ4n) is 2.42. The van der Waals surface area contributed by atoms with Gasteiger partial charge in [-0.15, -0.1) is 0 Å². The maximum atomic E-state index is 4.62. The molecule has 2 aromatic carbocycles. The molecule has 23 heavy (non-hydrogen) atoms. The smallest absolute Gasteiger partial charge is 0.227 e. The van der Waals surface area contributed by atoms with Crippen molar-refractivity contribution in [1.29, 1.82) is 0 Å². The number of nitrogens with zero attached hydrogens (tertiary/aromatic N) is 3. The van der Waals surface area contributed by atoms with Crippen molar-refractivity contribution in [3.05, 3.63) is 72.4 Å². The summed E-state index contributed by atoms with van der Waals surface area (Å²) >= 11 is 0. The number of nitrogens with one attached hydrogen (secondary N) is 1. The highest BCUT2D eigenvalue weighted by Gasteiger charge is 2.04. The lowest BCUT2D eigenvalue weighted by Gasteiger charge is -2.11. The molecule has 116 valence electrons. The fraction of sp³-hybridized carbons (Fsp3) is 0.158. The van der Waals surface area contributed by atoms with Crippen molar-refractivity contribution in [3.8, 4) is 11.3 Å². The van der Waals surface area contributed by atoms with Crippen molar-refractivity contribution in [2.24, 2.45) is 0 Å². The van der Waals surface area contributed by atoms with Crippen molar-refractivity contribution in [2.45, 2.75) is 6.54 Å². The zero-order valence-electron chi connectivity index (χ0n) is 13.4. The number of hydrogen-bond acceptors (Lipinski definition) is 4. The fourth-order valence-corrected chi connectivity index (χ4v) is 2.42. The van der Waals surface area contributed by atoms with Gasteiger partial charge in [-0.1, -0.05) is 36.4 Å². The Balaban J connectivity index is 1.85. The Morgan fingerprint density at radius 2 is 1.78 bits per heavy atom. The summed E-state index contributed by atoms with van der Waals surface area (Å²) in [5, 5.41) is 3.23. The van der Waals surface area contributed by atoms with Crippen LogP contribution in [-0.2, 0) is 6.54 Å². The molecule has 1 N–H and O–H groups in total. The Bertz CT molecular complexity index is 769. The highest BCUT2D eigenvalue weighted by Crippen LogP contribution is 2.21. The number of rotatable bonds is 5. The molecule has 4 heteroatoms. The van der Waals surface area contributed by atoms with Gasteiger partial charge in [-0.05, 0) is 43.9 Å². The molecule has 3 aromatic rings. The van der Waals surface area contributed by atoms with Gasteiger partial charge in [0.1, 0.15) is 0 Å². The topological polar surface area (TPSA) is 41.1 Å². The Morgan fingerprint density at radius 3 is 2.57 bits per heavy atom. The minimum absolute atomic E-state index is 0.603. The SMILES string of the molecule is CN(C)Cc1cccc(-c2ccnc(Nc3ccccc3)n2)c1. The van der Waals surface area contributed by atoms with Crippen LogP contribution in [0, 0.1) is 0 Å². The second-order valence-electron chi connectivity index (χ2n) is 5.69. The second kappa shape index (κ2) is 7.03. The number of anilines is 2. The molecule has 0 saturated heterocycles. The molecule has 0 fully saturated rings. The normalized spacial score (nSPS) is 10.7. The van der Waals surface area contributed by atoms with Crippen LogP contribution in [-0.4, -0.2) is 29.0 Å². The van der Waals surface area contributed by atoms with E-state index in [2.05, 4.69) is 58.5 Å². The molecule has 1 aromatic heterocycles. The van der Waals surface area contributed by atoms with E-state index in [9.17, 15) is 0 Å². The number of para-hydroxylation sites is 1. The lowest BCUT2D eigenvalue weighted by Crippen LogP contribution is -2.10. The van der Waals surface area contributed by atoms with E-state index in [4.69, 9.17) is 0 Å². The maximum absolute atomic E-state index is 4.62. The molecular weight excluding hydrogens is 284 g/mol. The standard InChI is InChI=1S/C19H20N4/c1-23(2)14-15-7-6-8-16(13-15)18-11-12-20-19(22-18)21-17-9-4-3-5-10-17/h3-13H,14H2,1-2H3,(H,20,21,22). The molecular formula is C19H20N4. The first-order chi connectivity index (χ1) is 11.2. The molecule has 3 rings (SSSR count). The van der Waals surface area contributed by atoms with Gasteiger partial charge in [-0.2, -0.15) is 0 Å². The first-order valence-corrected chi connectivity index (χ1v) is 7.60.